The topological polar surface area (TPSA) is 44.8 Å². The van der Waals surface area contributed by atoms with Crippen LogP contribution in [0.15, 0.2) is 24.3 Å². The number of hydrogen-bond acceptors (Lipinski definition) is 4. The average molecular weight is 228 g/mol. The minimum atomic E-state index is -5.00. The fourth-order valence-corrected chi connectivity index (χ4v) is 1.14. The minimum absolute atomic E-state index is 0.647. The molecule has 0 aromatic heterocycles. The Morgan fingerprint density at radius 1 is 1.14 bits per heavy atom. The van der Waals surface area contributed by atoms with Gasteiger partial charge in [-0.3, -0.25) is 0 Å². The maximum atomic E-state index is 12.8. The molecule has 0 saturated carbocycles. The molecule has 78 valence electrons. The zero-order valence-electron chi connectivity index (χ0n) is 6.52. The Kier molecular flexibility index (Phi) is 3.51. The van der Waals surface area contributed by atoms with Gasteiger partial charge in [-0.25, -0.2) is 8.96 Å². The molecule has 0 radical (unpaired) electrons. The molecular formula is C6H4F3O4P. The SMILES string of the molecule is O=P(OF)(OF)Oc1ccccc1F. The Bertz CT molecular complexity index is 351. The summed E-state index contributed by atoms with van der Waals surface area (Å²) in [4.78, 5) is 0. The highest BCUT2D eigenvalue weighted by Gasteiger charge is 2.32. The molecule has 0 atom stereocenters. The van der Waals surface area contributed by atoms with E-state index in [9.17, 15) is 18.0 Å². The third-order valence-corrected chi connectivity index (χ3v) is 1.97. The van der Waals surface area contributed by atoms with Crippen LogP contribution in [0.25, 0.3) is 0 Å². The Balaban J connectivity index is 2.88. The summed E-state index contributed by atoms with van der Waals surface area (Å²) in [7, 11) is -5.00. The first kappa shape index (κ1) is 11.0. The summed E-state index contributed by atoms with van der Waals surface area (Å²) in [6, 6.07) is 4.55. The van der Waals surface area contributed by atoms with Gasteiger partial charge in [-0.1, -0.05) is 21.6 Å². The molecule has 1 rings (SSSR count). The van der Waals surface area contributed by atoms with Gasteiger partial charge in [0.05, 0.1) is 0 Å². The van der Waals surface area contributed by atoms with Crippen molar-refractivity contribution in [2.24, 2.45) is 0 Å². The van der Waals surface area contributed by atoms with Crippen LogP contribution in [0.3, 0.4) is 0 Å². The lowest BCUT2D eigenvalue weighted by molar-refractivity contribution is -0.107. The number of para-hydroxylation sites is 1. The molecule has 1 aromatic rings. The second-order valence-electron chi connectivity index (χ2n) is 2.11. The second-order valence-corrected chi connectivity index (χ2v) is 3.46. The summed E-state index contributed by atoms with van der Waals surface area (Å²) in [5, 5.41) is 0. The van der Waals surface area contributed by atoms with Crippen LogP contribution >= 0.6 is 7.82 Å². The number of hydrogen-bond donors (Lipinski definition) is 0. The highest BCUT2D eigenvalue weighted by molar-refractivity contribution is 7.48. The van der Waals surface area contributed by atoms with Crippen LogP contribution in [0.4, 0.5) is 13.4 Å². The van der Waals surface area contributed by atoms with Crippen LogP contribution < -0.4 is 4.52 Å². The third kappa shape index (κ3) is 2.47. The first-order valence-electron chi connectivity index (χ1n) is 3.26. The molecule has 0 fully saturated rings. The molecule has 4 nitrogen and oxygen atoms in total. The molecule has 1 aromatic carbocycles. The van der Waals surface area contributed by atoms with Crippen LogP contribution in [0.1, 0.15) is 0 Å². The Labute approximate surface area is 76.6 Å². The Morgan fingerprint density at radius 2 is 1.71 bits per heavy atom. The van der Waals surface area contributed by atoms with E-state index >= 15 is 0 Å². The molecule has 0 unspecified atom stereocenters. The third-order valence-electron chi connectivity index (χ3n) is 1.22. The molecule has 0 aliphatic heterocycles. The fourth-order valence-electron chi connectivity index (χ4n) is 0.678. The molecule has 0 saturated heterocycles. The first-order valence-corrected chi connectivity index (χ1v) is 4.72. The van der Waals surface area contributed by atoms with Gasteiger partial charge < -0.3 is 4.52 Å². The van der Waals surface area contributed by atoms with Gasteiger partial charge in [0.15, 0.2) is 11.6 Å². The van der Waals surface area contributed by atoms with Gasteiger partial charge in [0.1, 0.15) is 0 Å². The van der Waals surface area contributed by atoms with Crippen LogP contribution in [0.5, 0.6) is 5.75 Å². The van der Waals surface area contributed by atoms with Gasteiger partial charge in [-0.15, -0.1) is 0 Å². The molecule has 0 heterocycles. The van der Waals surface area contributed by atoms with Gasteiger partial charge in [-0.2, -0.15) is 0 Å². The molecule has 14 heavy (non-hydrogen) atoms. The van der Waals surface area contributed by atoms with Crippen molar-refractivity contribution in [3.63, 3.8) is 0 Å². The number of rotatable bonds is 4. The first-order chi connectivity index (χ1) is 6.61. The van der Waals surface area contributed by atoms with E-state index in [1.54, 1.807) is 0 Å². The fraction of sp³-hybridized carbons (Fsp3) is 0. The summed E-state index contributed by atoms with van der Waals surface area (Å²) in [6.45, 7) is 0. The lowest BCUT2D eigenvalue weighted by Crippen LogP contribution is -1.95. The molecule has 0 amide bonds. The van der Waals surface area contributed by atoms with Crippen molar-refractivity contribution in [1.29, 1.82) is 0 Å². The molecular weight excluding hydrogens is 224 g/mol. The molecule has 8 heteroatoms. The van der Waals surface area contributed by atoms with Gasteiger partial charge in [0.2, 0.25) is 0 Å². The molecule has 0 N–H and O–H groups in total. The maximum Gasteiger partial charge on any atom is 0.593 e. The van der Waals surface area contributed by atoms with E-state index in [-0.39, 0.29) is 0 Å². The second kappa shape index (κ2) is 4.45. The summed E-state index contributed by atoms with van der Waals surface area (Å²) in [5.74, 6) is -1.60. The normalized spacial score (nSPS) is 11.4. The predicted octanol–water partition coefficient (Wildman–Crippen LogP) is 3.11. The summed E-state index contributed by atoms with van der Waals surface area (Å²) in [5.41, 5.74) is 0. The van der Waals surface area contributed by atoms with E-state index in [1.165, 1.54) is 12.1 Å². The monoisotopic (exact) mass is 228 g/mol. The zero-order valence-corrected chi connectivity index (χ0v) is 7.42. The van der Waals surface area contributed by atoms with Gasteiger partial charge in [0.25, 0.3) is 0 Å². The van der Waals surface area contributed by atoms with Crippen LogP contribution in [-0.2, 0) is 14.0 Å². The largest absolute Gasteiger partial charge is 0.593 e. The smallest absolute Gasteiger partial charge is 0.398 e. The molecule has 0 aliphatic carbocycles. The highest BCUT2D eigenvalue weighted by Crippen LogP contribution is 2.50. The van der Waals surface area contributed by atoms with Gasteiger partial charge in [-0.05, 0) is 21.2 Å². The lowest BCUT2D eigenvalue weighted by Gasteiger charge is -2.08. The zero-order chi connectivity index (χ0) is 10.6. The quantitative estimate of drug-likeness (QED) is 0.742. The van der Waals surface area contributed by atoms with Crippen molar-refractivity contribution in [2.75, 3.05) is 0 Å². The Morgan fingerprint density at radius 3 is 2.21 bits per heavy atom. The van der Waals surface area contributed by atoms with Gasteiger partial charge >= 0.3 is 7.82 Å². The van der Waals surface area contributed by atoms with Crippen molar-refractivity contribution in [3.8, 4) is 5.75 Å². The summed E-state index contributed by atoms with van der Waals surface area (Å²) >= 11 is 0. The minimum Gasteiger partial charge on any atom is -0.398 e. The van der Waals surface area contributed by atoms with E-state index in [1.807, 2.05) is 0 Å². The van der Waals surface area contributed by atoms with E-state index < -0.39 is 19.4 Å². The van der Waals surface area contributed by atoms with E-state index in [0.717, 1.165) is 12.1 Å². The van der Waals surface area contributed by atoms with Crippen molar-refractivity contribution >= 4 is 7.82 Å². The number of benzene rings is 1. The Hall–Kier alpha value is -1.04. The number of halogens is 3. The van der Waals surface area contributed by atoms with Crippen molar-refractivity contribution in [2.45, 2.75) is 0 Å². The van der Waals surface area contributed by atoms with Crippen molar-refractivity contribution < 1.29 is 32.0 Å². The van der Waals surface area contributed by atoms with Crippen LogP contribution in [0, 0.1) is 5.82 Å². The number of phosphoric acid groups is 1. The van der Waals surface area contributed by atoms with Crippen molar-refractivity contribution in [1.82, 2.24) is 0 Å². The van der Waals surface area contributed by atoms with Crippen molar-refractivity contribution in [3.05, 3.63) is 30.1 Å². The van der Waals surface area contributed by atoms with Crippen LogP contribution in [-0.4, -0.2) is 0 Å². The average Bonchev–Trinajstić information content (AvgIpc) is 2.21. The summed E-state index contributed by atoms with van der Waals surface area (Å²) in [6.07, 6.45) is 0. The van der Waals surface area contributed by atoms with E-state index in [2.05, 4.69) is 14.0 Å². The maximum absolute atomic E-state index is 12.8. The molecule has 0 bridgehead atoms. The lowest BCUT2D eigenvalue weighted by atomic mass is 10.3. The summed E-state index contributed by atoms with van der Waals surface area (Å²) < 4.78 is 55.7. The standard InChI is InChI=1S/C6H4F3O4P/c7-5-3-1-2-4-6(5)11-14(10,12-8)13-9/h1-4H. The van der Waals surface area contributed by atoms with E-state index in [0.29, 0.717) is 0 Å². The molecule has 0 spiro atoms. The van der Waals surface area contributed by atoms with E-state index in [4.69, 9.17) is 0 Å². The molecule has 0 aliphatic rings. The van der Waals surface area contributed by atoms with Crippen LogP contribution in [0.2, 0.25) is 0 Å². The predicted molar refractivity (Wildman–Crippen MR) is 39.0 cm³/mol. The highest BCUT2D eigenvalue weighted by atomic mass is 31.2. The van der Waals surface area contributed by atoms with Gasteiger partial charge in [0, 0.05) is 0 Å².